The number of aliphatic hydroxyl groups is 1. The molecule has 2 aromatic heterocycles. The Kier molecular flexibility index (Phi) is 4.69. The molecule has 0 saturated heterocycles. The van der Waals surface area contributed by atoms with E-state index in [1.165, 1.54) is 44.0 Å². The maximum atomic E-state index is 13.3. The highest BCUT2D eigenvalue weighted by Gasteiger charge is 2.57. The molecule has 0 fully saturated rings. The second-order valence-electron chi connectivity index (χ2n) is 4.97. The number of halogens is 3. The molecule has 0 bridgehead atoms. The number of nitrogens with one attached hydrogen (secondary N) is 1. The van der Waals surface area contributed by atoms with Gasteiger partial charge in [0.05, 0.1) is 5.56 Å². The lowest BCUT2D eigenvalue weighted by Crippen LogP contribution is -2.46. The minimum atomic E-state index is -4.93. The van der Waals surface area contributed by atoms with Gasteiger partial charge < -0.3 is 15.0 Å². The number of nitrogens with zero attached hydrogens (tertiary/aromatic N) is 3. The number of alkyl halides is 3. The Morgan fingerprint density at radius 3 is 2.65 bits per heavy atom. The molecule has 0 aliphatic heterocycles. The number of aromatic nitrogens is 3. The summed E-state index contributed by atoms with van der Waals surface area (Å²) < 4.78 is 40.9. The van der Waals surface area contributed by atoms with Crippen LogP contribution in [0.5, 0.6) is 0 Å². The Labute approximate surface area is 130 Å². The van der Waals surface area contributed by atoms with Crippen molar-refractivity contribution >= 4 is 5.91 Å². The molecule has 6 nitrogen and oxygen atoms in total. The second kappa shape index (κ2) is 6.37. The first-order valence-electron chi connectivity index (χ1n) is 6.71. The Morgan fingerprint density at radius 2 is 2.13 bits per heavy atom. The van der Waals surface area contributed by atoms with Crippen LogP contribution in [0.1, 0.15) is 22.6 Å². The summed E-state index contributed by atoms with van der Waals surface area (Å²) in [6.45, 7) is -0.378. The van der Waals surface area contributed by atoms with Crippen LogP contribution < -0.4 is 5.32 Å². The van der Waals surface area contributed by atoms with Crippen molar-refractivity contribution in [1.29, 1.82) is 0 Å². The van der Waals surface area contributed by atoms with E-state index in [0.717, 1.165) is 4.57 Å². The number of imidazole rings is 1. The summed E-state index contributed by atoms with van der Waals surface area (Å²) in [5.41, 5.74) is -2.92. The van der Waals surface area contributed by atoms with Crippen LogP contribution in [0.15, 0.2) is 36.9 Å². The van der Waals surface area contributed by atoms with Gasteiger partial charge in [-0.2, -0.15) is 13.2 Å². The molecule has 2 aromatic rings. The number of pyridine rings is 1. The molecule has 0 radical (unpaired) electrons. The van der Waals surface area contributed by atoms with Gasteiger partial charge in [0.15, 0.2) is 0 Å². The SMILES string of the molecule is Cn1ccnc1[C@@](O)(CCNC(=O)c1cccnc1)C(F)(F)F. The van der Waals surface area contributed by atoms with Gasteiger partial charge >= 0.3 is 6.18 Å². The smallest absolute Gasteiger partial charge is 0.374 e. The van der Waals surface area contributed by atoms with Gasteiger partial charge in [-0.1, -0.05) is 0 Å². The van der Waals surface area contributed by atoms with Crippen molar-refractivity contribution in [2.75, 3.05) is 6.54 Å². The zero-order valence-corrected chi connectivity index (χ0v) is 12.2. The number of hydrogen-bond donors (Lipinski definition) is 2. The third-order valence-corrected chi connectivity index (χ3v) is 3.36. The quantitative estimate of drug-likeness (QED) is 0.869. The van der Waals surface area contributed by atoms with Crippen molar-refractivity contribution in [3.8, 4) is 0 Å². The predicted molar refractivity (Wildman–Crippen MR) is 74.3 cm³/mol. The van der Waals surface area contributed by atoms with Gasteiger partial charge in [0.1, 0.15) is 5.82 Å². The van der Waals surface area contributed by atoms with Gasteiger partial charge in [0.25, 0.3) is 5.91 Å². The van der Waals surface area contributed by atoms with Gasteiger partial charge in [-0.05, 0) is 12.1 Å². The Hall–Kier alpha value is -2.42. The Balaban J connectivity index is 2.09. The lowest BCUT2D eigenvalue weighted by Gasteiger charge is -2.29. The minimum absolute atomic E-state index is 0.222. The van der Waals surface area contributed by atoms with Gasteiger partial charge in [0, 0.05) is 44.8 Å². The van der Waals surface area contributed by atoms with E-state index in [4.69, 9.17) is 0 Å². The first-order valence-corrected chi connectivity index (χ1v) is 6.71. The van der Waals surface area contributed by atoms with E-state index < -0.39 is 29.9 Å². The van der Waals surface area contributed by atoms with Crippen molar-refractivity contribution in [1.82, 2.24) is 19.9 Å². The molecule has 124 valence electrons. The second-order valence-corrected chi connectivity index (χ2v) is 4.97. The Bertz CT molecular complexity index is 672. The summed E-state index contributed by atoms with van der Waals surface area (Å²) in [4.78, 5) is 19.1. The molecule has 1 atom stereocenters. The molecule has 2 heterocycles. The fraction of sp³-hybridized carbons (Fsp3) is 0.357. The third kappa shape index (κ3) is 3.50. The van der Waals surface area contributed by atoms with E-state index in [9.17, 15) is 23.1 Å². The number of carbonyl (C=O) groups is 1. The van der Waals surface area contributed by atoms with Crippen LogP contribution in [0, 0.1) is 0 Å². The van der Waals surface area contributed by atoms with Crippen LogP contribution in [-0.4, -0.2) is 38.3 Å². The van der Waals surface area contributed by atoms with Crippen LogP contribution in [0.4, 0.5) is 13.2 Å². The summed E-state index contributed by atoms with van der Waals surface area (Å²) in [7, 11) is 1.35. The van der Waals surface area contributed by atoms with Gasteiger partial charge in [-0.3, -0.25) is 9.78 Å². The summed E-state index contributed by atoms with van der Waals surface area (Å²) in [5.74, 6) is -1.09. The first kappa shape index (κ1) is 16.9. The van der Waals surface area contributed by atoms with E-state index in [1.54, 1.807) is 0 Å². The molecular formula is C14H15F3N4O2. The maximum Gasteiger partial charge on any atom is 0.424 e. The van der Waals surface area contributed by atoms with Crippen LogP contribution in [-0.2, 0) is 12.6 Å². The molecule has 2 N–H and O–H groups in total. The zero-order valence-electron chi connectivity index (χ0n) is 12.2. The molecule has 23 heavy (non-hydrogen) atoms. The third-order valence-electron chi connectivity index (χ3n) is 3.36. The fourth-order valence-electron chi connectivity index (χ4n) is 2.10. The van der Waals surface area contributed by atoms with E-state index in [-0.39, 0.29) is 12.1 Å². The van der Waals surface area contributed by atoms with Gasteiger partial charge in [0.2, 0.25) is 5.60 Å². The Morgan fingerprint density at radius 1 is 1.39 bits per heavy atom. The van der Waals surface area contributed by atoms with Crippen molar-refractivity contribution in [2.24, 2.45) is 7.05 Å². The number of carbonyl (C=O) groups excluding carboxylic acids is 1. The number of aryl methyl sites for hydroxylation is 1. The van der Waals surface area contributed by atoms with Crippen LogP contribution >= 0.6 is 0 Å². The van der Waals surface area contributed by atoms with Crippen molar-refractivity contribution < 1.29 is 23.1 Å². The molecule has 0 spiro atoms. The van der Waals surface area contributed by atoms with E-state index in [2.05, 4.69) is 15.3 Å². The van der Waals surface area contributed by atoms with Crippen LogP contribution in [0.2, 0.25) is 0 Å². The summed E-state index contributed by atoms with van der Waals surface area (Å²) in [6, 6.07) is 3.02. The molecule has 2 rings (SSSR count). The fourth-order valence-corrected chi connectivity index (χ4v) is 2.10. The summed E-state index contributed by atoms with van der Waals surface area (Å²) in [6.07, 6.45) is -0.441. The molecular weight excluding hydrogens is 313 g/mol. The lowest BCUT2D eigenvalue weighted by atomic mass is 9.97. The summed E-state index contributed by atoms with van der Waals surface area (Å²) >= 11 is 0. The van der Waals surface area contributed by atoms with Crippen LogP contribution in [0.25, 0.3) is 0 Å². The molecule has 0 saturated carbocycles. The van der Waals surface area contributed by atoms with Gasteiger partial charge in [-0.25, -0.2) is 4.98 Å². The molecule has 0 aromatic carbocycles. The zero-order chi connectivity index (χ0) is 17.1. The highest BCUT2D eigenvalue weighted by atomic mass is 19.4. The maximum absolute atomic E-state index is 13.3. The first-order chi connectivity index (χ1) is 10.8. The van der Waals surface area contributed by atoms with Gasteiger partial charge in [-0.15, -0.1) is 0 Å². The average Bonchev–Trinajstić information content (AvgIpc) is 2.93. The monoisotopic (exact) mass is 328 g/mol. The van der Waals surface area contributed by atoms with Crippen molar-refractivity contribution in [3.05, 3.63) is 48.3 Å². The lowest BCUT2D eigenvalue weighted by molar-refractivity contribution is -0.272. The highest BCUT2D eigenvalue weighted by Crippen LogP contribution is 2.40. The standard InChI is InChI=1S/C14H15F3N4O2/c1-21-8-7-20-12(21)13(23,14(15,16)17)4-6-19-11(22)10-3-2-5-18-9-10/h2-3,5,7-9,23H,4,6H2,1H3,(H,19,22)/t13-/m0/s1. The number of amides is 1. The topological polar surface area (TPSA) is 80.0 Å². The normalized spacial score (nSPS) is 14.3. The molecule has 0 aliphatic carbocycles. The predicted octanol–water partition coefficient (Wildman–Crippen LogP) is 1.39. The molecule has 9 heteroatoms. The molecule has 0 unspecified atom stereocenters. The van der Waals surface area contributed by atoms with Crippen molar-refractivity contribution in [2.45, 2.75) is 18.2 Å². The number of rotatable bonds is 5. The van der Waals surface area contributed by atoms with E-state index >= 15 is 0 Å². The molecule has 1 amide bonds. The van der Waals surface area contributed by atoms with Crippen molar-refractivity contribution in [3.63, 3.8) is 0 Å². The van der Waals surface area contributed by atoms with Crippen LogP contribution in [0.3, 0.4) is 0 Å². The molecule has 0 aliphatic rings. The summed E-state index contributed by atoms with van der Waals surface area (Å²) in [5, 5.41) is 12.4. The average molecular weight is 328 g/mol. The number of hydrogen-bond acceptors (Lipinski definition) is 4. The highest BCUT2D eigenvalue weighted by molar-refractivity contribution is 5.93. The van der Waals surface area contributed by atoms with E-state index in [1.807, 2.05) is 0 Å². The minimum Gasteiger partial charge on any atom is -0.374 e. The largest absolute Gasteiger partial charge is 0.424 e. The van der Waals surface area contributed by atoms with E-state index in [0.29, 0.717) is 0 Å².